The van der Waals surface area contributed by atoms with Gasteiger partial charge in [0, 0.05) is 30.9 Å². The molecule has 2 rings (SSSR count). The summed E-state index contributed by atoms with van der Waals surface area (Å²) in [5.41, 5.74) is 1.30. The molecule has 1 aromatic carbocycles. The number of aliphatic hydroxyl groups excluding tert-OH is 1. The van der Waals surface area contributed by atoms with Crippen LogP contribution in [0.15, 0.2) is 18.2 Å². The average molecular weight is 265 g/mol. The van der Waals surface area contributed by atoms with E-state index in [1.807, 2.05) is 0 Å². The van der Waals surface area contributed by atoms with Gasteiger partial charge < -0.3 is 14.9 Å². The van der Waals surface area contributed by atoms with Crippen LogP contribution in [-0.2, 0) is 6.61 Å². The summed E-state index contributed by atoms with van der Waals surface area (Å²) in [6, 6.07) is 5.46. The second kappa shape index (κ2) is 5.54. The Hall–Kier alpha value is -1.66. The Labute approximate surface area is 112 Å². The number of nitro groups is 1. The van der Waals surface area contributed by atoms with E-state index in [-0.39, 0.29) is 12.3 Å². The van der Waals surface area contributed by atoms with E-state index in [9.17, 15) is 15.2 Å². The Bertz CT molecular complexity index is 476. The molecule has 1 aromatic rings. The SMILES string of the molecule is CN(C)C1CCN(c2ccc([N+](=O)[O-])c(CO)c2)C1. The van der Waals surface area contributed by atoms with E-state index in [0.717, 1.165) is 25.2 Å². The van der Waals surface area contributed by atoms with Crippen molar-refractivity contribution < 1.29 is 10.0 Å². The van der Waals surface area contributed by atoms with Crippen LogP contribution < -0.4 is 4.90 Å². The smallest absolute Gasteiger partial charge is 0.275 e. The van der Waals surface area contributed by atoms with Crippen LogP contribution in [0, 0.1) is 10.1 Å². The number of nitro benzene ring substituents is 1. The zero-order valence-electron chi connectivity index (χ0n) is 11.2. The Morgan fingerprint density at radius 2 is 2.26 bits per heavy atom. The van der Waals surface area contributed by atoms with Gasteiger partial charge in [0.2, 0.25) is 0 Å². The standard InChI is InChI=1S/C13H19N3O3/c1-14(2)12-5-6-15(8-12)11-3-4-13(16(18)19)10(7-11)9-17/h3-4,7,12,17H,5-6,8-9H2,1-2H3. The Balaban J connectivity index is 2.20. The highest BCUT2D eigenvalue weighted by Crippen LogP contribution is 2.28. The molecule has 1 fully saturated rings. The van der Waals surface area contributed by atoms with Crippen LogP contribution in [-0.4, -0.2) is 48.2 Å². The van der Waals surface area contributed by atoms with Gasteiger partial charge in [0.25, 0.3) is 5.69 Å². The number of aliphatic hydroxyl groups is 1. The van der Waals surface area contributed by atoms with E-state index in [1.165, 1.54) is 6.07 Å². The second-order valence-corrected chi connectivity index (χ2v) is 5.08. The van der Waals surface area contributed by atoms with Gasteiger partial charge in [-0.05, 0) is 32.6 Å². The van der Waals surface area contributed by atoms with Gasteiger partial charge in [-0.15, -0.1) is 0 Å². The third kappa shape index (κ3) is 2.85. The quantitative estimate of drug-likeness (QED) is 0.655. The van der Waals surface area contributed by atoms with Crippen molar-refractivity contribution >= 4 is 11.4 Å². The Morgan fingerprint density at radius 3 is 2.79 bits per heavy atom. The number of nitrogens with zero attached hydrogens (tertiary/aromatic N) is 3. The number of benzene rings is 1. The van der Waals surface area contributed by atoms with Crippen LogP contribution in [0.4, 0.5) is 11.4 Å². The maximum absolute atomic E-state index is 10.8. The van der Waals surface area contributed by atoms with Gasteiger partial charge >= 0.3 is 0 Å². The minimum absolute atomic E-state index is 0.0189. The van der Waals surface area contributed by atoms with Gasteiger partial charge in [0.15, 0.2) is 0 Å². The van der Waals surface area contributed by atoms with Crippen LogP contribution >= 0.6 is 0 Å². The van der Waals surface area contributed by atoms with Gasteiger partial charge in [-0.25, -0.2) is 0 Å². The fourth-order valence-electron chi connectivity index (χ4n) is 2.47. The van der Waals surface area contributed by atoms with Crippen LogP contribution in [0.25, 0.3) is 0 Å². The maximum atomic E-state index is 10.8. The van der Waals surface area contributed by atoms with Gasteiger partial charge in [-0.3, -0.25) is 10.1 Å². The number of hydrogen-bond donors (Lipinski definition) is 1. The maximum Gasteiger partial charge on any atom is 0.275 e. The third-order valence-corrected chi connectivity index (χ3v) is 3.69. The molecule has 0 amide bonds. The lowest BCUT2D eigenvalue weighted by atomic mass is 10.1. The minimum Gasteiger partial charge on any atom is -0.391 e. The minimum atomic E-state index is -0.456. The van der Waals surface area contributed by atoms with E-state index in [1.54, 1.807) is 12.1 Å². The molecule has 1 atom stereocenters. The molecule has 104 valence electrons. The zero-order chi connectivity index (χ0) is 14.0. The summed E-state index contributed by atoms with van der Waals surface area (Å²) in [5, 5.41) is 20.1. The van der Waals surface area contributed by atoms with E-state index in [2.05, 4.69) is 23.9 Å². The molecular formula is C13H19N3O3. The fraction of sp³-hybridized carbons (Fsp3) is 0.538. The number of likely N-dealkylation sites (N-methyl/N-ethyl adjacent to an activating group) is 1. The second-order valence-electron chi connectivity index (χ2n) is 5.08. The highest BCUT2D eigenvalue weighted by Gasteiger charge is 2.25. The largest absolute Gasteiger partial charge is 0.391 e. The molecule has 1 aliphatic rings. The summed E-state index contributed by atoms with van der Waals surface area (Å²) in [6.45, 7) is 1.54. The predicted molar refractivity (Wildman–Crippen MR) is 73.3 cm³/mol. The van der Waals surface area contributed by atoms with E-state index in [0.29, 0.717) is 11.6 Å². The molecule has 19 heavy (non-hydrogen) atoms. The first-order valence-corrected chi connectivity index (χ1v) is 6.32. The summed E-state index contributed by atoms with van der Waals surface area (Å²) in [5.74, 6) is 0. The van der Waals surface area contributed by atoms with Crippen molar-refractivity contribution in [2.24, 2.45) is 0 Å². The summed E-state index contributed by atoms with van der Waals surface area (Å²) in [7, 11) is 4.12. The fourth-order valence-corrected chi connectivity index (χ4v) is 2.47. The zero-order valence-corrected chi connectivity index (χ0v) is 11.2. The van der Waals surface area contributed by atoms with E-state index in [4.69, 9.17) is 0 Å². The van der Waals surface area contributed by atoms with Gasteiger partial charge in [-0.2, -0.15) is 0 Å². The molecule has 0 bridgehead atoms. The van der Waals surface area contributed by atoms with Crippen molar-refractivity contribution in [3.63, 3.8) is 0 Å². The summed E-state index contributed by atoms with van der Waals surface area (Å²) in [4.78, 5) is 14.8. The van der Waals surface area contributed by atoms with E-state index < -0.39 is 4.92 Å². The molecule has 1 heterocycles. The van der Waals surface area contributed by atoms with Crippen molar-refractivity contribution in [2.45, 2.75) is 19.1 Å². The molecule has 6 nitrogen and oxygen atoms in total. The van der Waals surface area contributed by atoms with Gasteiger partial charge in [0.05, 0.1) is 17.1 Å². The lowest BCUT2D eigenvalue weighted by Crippen LogP contribution is -2.31. The summed E-state index contributed by atoms with van der Waals surface area (Å²) < 4.78 is 0. The lowest BCUT2D eigenvalue weighted by Gasteiger charge is -2.22. The molecule has 0 spiro atoms. The number of rotatable bonds is 4. The van der Waals surface area contributed by atoms with Crippen LogP contribution in [0.3, 0.4) is 0 Å². The first-order valence-electron chi connectivity index (χ1n) is 6.32. The number of hydrogen-bond acceptors (Lipinski definition) is 5. The van der Waals surface area contributed by atoms with Crippen molar-refractivity contribution in [1.29, 1.82) is 0 Å². The van der Waals surface area contributed by atoms with Crippen molar-refractivity contribution in [3.05, 3.63) is 33.9 Å². The Morgan fingerprint density at radius 1 is 1.53 bits per heavy atom. The molecule has 0 aliphatic carbocycles. The van der Waals surface area contributed by atoms with Crippen molar-refractivity contribution in [3.8, 4) is 0 Å². The Kier molecular flexibility index (Phi) is 4.01. The van der Waals surface area contributed by atoms with Crippen molar-refractivity contribution in [1.82, 2.24) is 4.90 Å². The van der Waals surface area contributed by atoms with Gasteiger partial charge in [0.1, 0.15) is 0 Å². The summed E-state index contributed by atoms with van der Waals surface area (Å²) in [6.07, 6.45) is 1.08. The first kappa shape index (κ1) is 13.8. The number of anilines is 1. The molecule has 1 aliphatic heterocycles. The third-order valence-electron chi connectivity index (χ3n) is 3.69. The topological polar surface area (TPSA) is 69.9 Å². The molecular weight excluding hydrogens is 246 g/mol. The van der Waals surface area contributed by atoms with Crippen LogP contribution in [0.2, 0.25) is 0 Å². The summed E-state index contributed by atoms with van der Waals surface area (Å²) >= 11 is 0. The predicted octanol–water partition coefficient (Wildman–Crippen LogP) is 1.23. The molecule has 1 N–H and O–H groups in total. The lowest BCUT2D eigenvalue weighted by molar-refractivity contribution is -0.385. The molecule has 1 saturated heterocycles. The van der Waals surface area contributed by atoms with E-state index >= 15 is 0 Å². The molecule has 0 aromatic heterocycles. The monoisotopic (exact) mass is 265 g/mol. The molecule has 1 unspecified atom stereocenters. The highest BCUT2D eigenvalue weighted by atomic mass is 16.6. The molecule has 0 radical (unpaired) electrons. The highest BCUT2D eigenvalue weighted by molar-refractivity contribution is 5.56. The van der Waals surface area contributed by atoms with Crippen molar-refractivity contribution in [2.75, 3.05) is 32.1 Å². The van der Waals surface area contributed by atoms with Crippen LogP contribution in [0.1, 0.15) is 12.0 Å². The molecule has 0 saturated carbocycles. The molecule has 6 heteroatoms. The normalized spacial score (nSPS) is 19.2. The average Bonchev–Trinajstić information content (AvgIpc) is 2.87. The van der Waals surface area contributed by atoms with Gasteiger partial charge in [-0.1, -0.05) is 0 Å². The van der Waals surface area contributed by atoms with Crippen LogP contribution in [0.5, 0.6) is 0 Å². The first-order chi connectivity index (χ1) is 9.02.